The summed E-state index contributed by atoms with van der Waals surface area (Å²) in [5.41, 5.74) is 0. The van der Waals surface area contributed by atoms with E-state index in [2.05, 4.69) is 12.2 Å². The highest BCUT2D eigenvalue weighted by Crippen LogP contribution is 2.17. The highest BCUT2D eigenvalue weighted by atomic mass is 16.4. The van der Waals surface area contributed by atoms with Gasteiger partial charge in [-0.25, -0.2) is 0 Å². The third-order valence-corrected chi connectivity index (χ3v) is 3.57. The molecule has 0 spiro atoms. The highest BCUT2D eigenvalue weighted by molar-refractivity contribution is 5.82. The van der Waals surface area contributed by atoms with Gasteiger partial charge < -0.3 is 15.3 Å². The van der Waals surface area contributed by atoms with Crippen LogP contribution in [0.4, 0.5) is 0 Å². The second kappa shape index (κ2) is 6.73. The van der Waals surface area contributed by atoms with Gasteiger partial charge in [-0.2, -0.15) is 0 Å². The molecule has 2 N–H and O–H groups in total. The summed E-state index contributed by atoms with van der Waals surface area (Å²) in [7, 11) is 0. The van der Waals surface area contributed by atoms with Crippen LogP contribution in [-0.2, 0) is 9.59 Å². The maximum absolute atomic E-state index is 12.3. The molecule has 0 aromatic carbocycles. The molecule has 0 aromatic heterocycles. The zero-order valence-electron chi connectivity index (χ0n) is 11.5. The van der Waals surface area contributed by atoms with E-state index in [1.54, 1.807) is 11.8 Å². The van der Waals surface area contributed by atoms with Crippen molar-refractivity contribution in [2.24, 2.45) is 11.8 Å². The predicted octanol–water partition coefficient (Wildman–Crippen LogP) is 0.944. The standard InChI is InChI=1S/C13H24N2O3/c1-4-15(8-10(3)13(17)18)12(16)11-7-9(2)5-6-14-11/h9-11,14H,4-8H2,1-3H3,(H,17,18). The predicted molar refractivity (Wildman–Crippen MR) is 69.2 cm³/mol. The summed E-state index contributed by atoms with van der Waals surface area (Å²) in [5, 5.41) is 12.1. The van der Waals surface area contributed by atoms with Gasteiger partial charge in [0.2, 0.25) is 5.91 Å². The molecule has 1 aliphatic rings. The Morgan fingerprint density at radius 3 is 2.67 bits per heavy atom. The number of carboxylic acids is 1. The number of hydrogen-bond donors (Lipinski definition) is 2. The van der Waals surface area contributed by atoms with Crippen LogP contribution in [0, 0.1) is 11.8 Å². The van der Waals surface area contributed by atoms with E-state index in [1.165, 1.54) is 0 Å². The molecule has 104 valence electrons. The minimum atomic E-state index is -0.855. The van der Waals surface area contributed by atoms with Crippen molar-refractivity contribution in [1.29, 1.82) is 0 Å². The molecule has 0 aromatic rings. The second-order valence-corrected chi connectivity index (χ2v) is 5.25. The highest BCUT2D eigenvalue weighted by Gasteiger charge is 2.29. The zero-order chi connectivity index (χ0) is 13.7. The van der Waals surface area contributed by atoms with Crippen molar-refractivity contribution in [2.75, 3.05) is 19.6 Å². The molecule has 1 rings (SSSR count). The topological polar surface area (TPSA) is 69.6 Å². The third-order valence-electron chi connectivity index (χ3n) is 3.57. The van der Waals surface area contributed by atoms with E-state index in [4.69, 9.17) is 5.11 Å². The Hall–Kier alpha value is -1.10. The van der Waals surface area contributed by atoms with Gasteiger partial charge in [0.1, 0.15) is 0 Å². The van der Waals surface area contributed by atoms with Gasteiger partial charge in [-0.15, -0.1) is 0 Å². The first kappa shape index (κ1) is 15.0. The average molecular weight is 256 g/mol. The first-order valence-corrected chi connectivity index (χ1v) is 6.70. The lowest BCUT2D eigenvalue weighted by atomic mass is 9.93. The Balaban J connectivity index is 2.58. The Morgan fingerprint density at radius 1 is 1.50 bits per heavy atom. The zero-order valence-corrected chi connectivity index (χ0v) is 11.5. The monoisotopic (exact) mass is 256 g/mol. The Morgan fingerprint density at radius 2 is 2.17 bits per heavy atom. The van der Waals surface area contributed by atoms with Crippen LogP contribution >= 0.6 is 0 Å². The van der Waals surface area contributed by atoms with Crippen molar-refractivity contribution in [3.8, 4) is 0 Å². The summed E-state index contributed by atoms with van der Waals surface area (Å²) in [6.45, 7) is 7.38. The molecule has 5 heteroatoms. The molecule has 0 bridgehead atoms. The van der Waals surface area contributed by atoms with Crippen LogP contribution in [-0.4, -0.2) is 47.6 Å². The number of hydrogen-bond acceptors (Lipinski definition) is 3. The molecule has 0 radical (unpaired) electrons. The van der Waals surface area contributed by atoms with Crippen LogP contribution in [0.1, 0.15) is 33.6 Å². The van der Waals surface area contributed by atoms with Gasteiger partial charge >= 0.3 is 5.97 Å². The lowest BCUT2D eigenvalue weighted by molar-refractivity contribution is -0.143. The number of carboxylic acid groups (broad SMARTS) is 1. The fourth-order valence-corrected chi connectivity index (χ4v) is 2.30. The van der Waals surface area contributed by atoms with E-state index in [-0.39, 0.29) is 18.5 Å². The van der Waals surface area contributed by atoms with Gasteiger partial charge in [0, 0.05) is 13.1 Å². The number of carbonyl (C=O) groups excluding carboxylic acids is 1. The SMILES string of the molecule is CCN(CC(C)C(=O)O)C(=O)C1CC(C)CCN1. The van der Waals surface area contributed by atoms with Crippen LogP contribution in [0.25, 0.3) is 0 Å². The van der Waals surface area contributed by atoms with E-state index in [9.17, 15) is 9.59 Å². The van der Waals surface area contributed by atoms with E-state index in [0.717, 1.165) is 19.4 Å². The average Bonchev–Trinajstić information content (AvgIpc) is 2.34. The third kappa shape index (κ3) is 3.98. The Bertz CT molecular complexity index is 307. The van der Waals surface area contributed by atoms with Gasteiger partial charge in [-0.05, 0) is 32.2 Å². The van der Waals surface area contributed by atoms with E-state index < -0.39 is 11.9 Å². The van der Waals surface area contributed by atoms with Crippen molar-refractivity contribution in [1.82, 2.24) is 10.2 Å². The van der Waals surface area contributed by atoms with Crippen molar-refractivity contribution < 1.29 is 14.7 Å². The molecule has 5 nitrogen and oxygen atoms in total. The van der Waals surface area contributed by atoms with Crippen molar-refractivity contribution in [2.45, 2.75) is 39.7 Å². The summed E-state index contributed by atoms with van der Waals surface area (Å²) in [5.74, 6) is -0.783. The molecular formula is C13H24N2O3. The summed E-state index contributed by atoms with van der Waals surface area (Å²) < 4.78 is 0. The lowest BCUT2D eigenvalue weighted by Gasteiger charge is -2.32. The quantitative estimate of drug-likeness (QED) is 0.768. The number of nitrogens with one attached hydrogen (secondary N) is 1. The molecule has 3 atom stereocenters. The minimum Gasteiger partial charge on any atom is -0.481 e. The normalized spacial score (nSPS) is 25.5. The van der Waals surface area contributed by atoms with Gasteiger partial charge in [0.25, 0.3) is 0 Å². The molecule has 1 saturated heterocycles. The van der Waals surface area contributed by atoms with Crippen molar-refractivity contribution in [3.63, 3.8) is 0 Å². The number of carbonyl (C=O) groups is 2. The first-order chi connectivity index (χ1) is 8.45. The summed E-state index contributed by atoms with van der Waals surface area (Å²) in [6, 6.07) is -0.144. The summed E-state index contributed by atoms with van der Waals surface area (Å²) in [6.07, 6.45) is 1.94. The largest absolute Gasteiger partial charge is 0.481 e. The van der Waals surface area contributed by atoms with Gasteiger partial charge in [0.05, 0.1) is 12.0 Å². The molecule has 0 saturated carbocycles. The number of amides is 1. The van der Waals surface area contributed by atoms with E-state index in [1.807, 2.05) is 6.92 Å². The van der Waals surface area contributed by atoms with Gasteiger partial charge in [-0.1, -0.05) is 13.8 Å². The lowest BCUT2D eigenvalue weighted by Crippen LogP contribution is -2.51. The maximum atomic E-state index is 12.3. The van der Waals surface area contributed by atoms with E-state index in [0.29, 0.717) is 12.5 Å². The second-order valence-electron chi connectivity index (χ2n) is 5.25. The van der Waals surface area contributed by atoms with Crippen molar-refractivity contribution in [3.05, 3.63) is 0 Å². The van der Waals surface area contributed by atoms with Crippen LogP contribution < -0.4 is 5.32 Å². The van der Waals surface area contributed by atoms with Crippen LogP contribution in [0.5, 0.6) is 0 Å². The number of nitrogens with zero attached hydrogens (tertiary/aromatic N) is 1. The van der Waals surface area contributed by atoms with E-state index >= 15 is 0 Å². The van der Waals surface area contributed by atoms with Crippen LogP contribution in [0.15, 0.2) is 0 Å². The molecule has 0 aliphatic carbocycles. The van der Waals surface area contributed by atoms with Crippen LogP contribution in [0.3, 0.4) is 0 Å². The fraction of sp³-hybridized carbons (Fsp3) is 0.846. The molecule has 3 unspecified atom stereocenters. The number of aliphatic carboxylic acids is 1. The summed E-state index contributed by atoms with van der Waals surface area (Å²) in [4.78, 5) is 24.8. The first-order valence-electron chi connectivity index (χ1n) is 6.70. The smallest absolute Gasteiger partial charge is 0.308 e. The molecule has 1 amide bonds. The number of likely N-dealkylation sites (N-methyl/N-ethyl adjacent to an activating group) is 1. The minimum absolute atomic E-state index is 0.0390. The molecule has 1 aliphatic heterocycles. The molecule has 1 heterocycles. The fourth-order valence-electron chi connectivity index (χ4n) is 2.30. The Kier molecular flexibility index (Phi) is 5.59. The molecule has 1 fully saturated rings. The Labute approximate surface area is 109 Å². The molecular weight excluding hydrogens is 232 g/mol. The summed E-state index contributed by atoms with van der Waals surface area (Å²) >= 11 is 0. The number of rotatable bonds is 5. The maximum Gasteiger partial charge on any atom is 0.308 e. The number of piperidine rings is 1. The molecule has 18 heavy (non-hydrogen) atoms. The van der Waals surface area contributed by atoms with Gasteiger partial charge in [-0.3, -0.25) is 9.59 Å². The van der Waals surface area contributed by atoms with Gasteiger partial charge in [0.15, 0.2) is 0 Å². The van der Waals surface area contributed by atoms with Crippen molar-refractivity contribution >= 4 is 11.9 Å². The van der Waals surface area contributed by atoms with Crippen LogP contribution in [0.2, 0.25) is 0 Å².